The Balaban J connectivity index is 1.33. The molecule has 0 spiro atoms. The molecule has 2 aliphatic rings. The lowest BCUT2D eigenvalue weighted by Gasteiger charge is -2.30. The van der Waals surface area contributed by atoms with Gasteiger partial charge in [-0.15, -0.1) is 0 Å². The van der Waals surface area contributed by atoms with Crippen molar-refractivity contribution >= 4 is 5.96 Å². The van der Waals surface area contributed by atoms with E-state index in [1.807, 2.05) is 0 Å². The lowest BCUT2D eigenvalue weighted by Crippen LogP contribution is -2.38. The molecule has 32 heavy (non-hydrogen) atoms. The third kappa shape index (κ3) is 9.47. The Kier molecular flexibility index (Phi) is 11.3. The van der Waals surface area contributed by atoms with Gasteiger partial charge in [0.2, 0.25) is 0 Å². The Morgan fingerprint density at radius 1 is 1.06 bits per heavy atom. The van der Waals surface area contributed by atoms with E-state index in [2.05, 4.69) is 53.6 Å². The predicted octanol–water partition coefficient (Wildman–Crippen LogP) is 3.81. The molecule has 6 nitrogen and oxygen atoms in total. The maximum Gasteiger partial charge on any atom is 0.191 e. The number of hydrogen-bond acceptors (Lipinski definition) is 4. The van der Waals surface area contributed by atoms with Crippen LogP contribution < -0.4 is 10.6 Å². The average molecular weight is 445 g/mol. The first kappa shape index (κ1) is 25.0. The van der Waals surface area contributed by atoms with Crippen molar-refractivity contribution in [3.05, 3.63) is 35.4 Å². The van der Waals surface area contributed by atoms with Gasteiger partial charge in [-0.3, -0.25) is 4.90 Å². The highest BCUT2D eigenvalue weighted by molar-refractivity contribution is 5.79. The van der Waals surface area contributed by atoms with Crippen molar-refractivity contribution in [3.8, 4) is 0 Å². The molecular weight excluding hydrogens is 400 g/mol. The SMILES string of the molecule is CCNC(=NCc1ccc(CN2CCC(C)CC2)cc1)NCCCOCC1CCOCC1. The maximum absolute atomic E-state index is 5.86. The van der Waals surface area contributed by atoms with E-state index in [1.165, 1.54) is 37.1 Å². The van der Waals surface area contributed by atoms with E-state index in [1.54, 1.807) is 0 Å². The van der Waals surface area contributed by atoms with Crippen LogP contribution in [0.2, 0.25) is 0 Å². The van der Waals surface area contributed by atoms with Gasteiger partial charge in [0.1, 0.15) is 0 Å². The van der Waals surface area contributed by atoms with Gasteiger partial charge in [-0.05, 0) is 75.1 Å². The van der Waals surface area contributed by atoms with Crippen LogP contribution in [0.1, 0.15) is 57.1 Å². The summed E-state index contributed by atoms with van der Waals surface area (Å²) in [6.45, 7) is 13.8. The first-order valence-corrected chi connectivity index (χ1v) is 12.7. The summed E-state index contributed by atoms with van der Waals surface area (Å²) in [5.41, 5.74) is 2.65. The van der Waals surface area contributed by atoms with Gasteiger partial charge in [0.15, 0.2) is 5.96 Å². The number of aliphatic imine (C=N–C) groups is 1. The quantitative estimate of drug-likeness (QED) is 0.309. The molecule has 0 aromatic heterocycles. The van der Waals surface area contributed by atoms with Crippen LogP contribution >= 0.6 is 0 Å². The standard InChI is InChI=1S/C26H44N4O2/c1-3-27-26(28-13-4-16-32-21-25-11-17-31-18-12-25)29-19-23-5-7-24(8-6-23)20-30-14-9-22(2)10-15-30/h5-8,22,25H,3-4,9-21H2,1-2H3,(H2,27,28,29). The predicted molar refractivity (Wildman–Crippen MR) is 132 cm³/mol. The molecular formula is C26H44N4O2. The lowest BCUT2D eigenvalue weighted by molar-refractivity contribution is 0.0203. The average Bonchev–Trinajstić information content (AvgIpc) is 2.82. The summed E-state index contributed by atoms with van der Waals surface area (Å²) in [6.07, 6.45) is 5.91. The number of nitrogens with zero attached hydrogens (tertiary/aromatic N) is 2. The van der Waals surface area contributed by atoms with Gasteiger partial charge in [-0.1, -0.05) is 31.2 Å². The second kappa shape index (κ2) is 14.5. The lowest BCUT2D eigenvalue weighted by atomic mass is 9.99. The number of nitrogens with one attached hydrogen (secondary N) is 2. The molecule has 2 heterocycles. The fourth-order valence-electron chi connectivity index (χ4n) is 4.28. The van der Waals surface area contributed by atoms with Gasteiger partial charge < -0.3 is 20.1 Å². The van der Waals surface area contributed by atoms with Gasteiger partial charge in [0.25, 0.3) is 0 Å². The monoisotopic (exact) mass is 444 g/mol. The van der Waals surface area contributed by atoms with Crippen LogP contribution in [-0.4, -0.2) is 63.5 Å². The molecule has 6 heteroatoms. The Morgan fingerprint density at radius 3 is 2.50 bits per heavy atom. The molecule has 0 atom stereocenters. The van der Waals surface area contributed by atoms with E-state index < -0.39 is 0 Å². The molecule has 3 rings (SSSR count). The third-order valence-corrected chi connectivity index (χ3v) is 6.52. The summed E-state index contributed by atoms with van der Waals surface area (Å²) < 4.78 is 11.3. The summed E-state index contributed by atoms with van der Waals surface area (Å²) in [6, 6.07) is 8.97. The molecule has 0 amide bonds. The molecule has 0 unspecified atom stereocenters. The summed E-state index contributed by atoms with van der Waals surface area (Å²) in [7, 11) is 0. The van der Waals surface area contributed by atoms with Crippen LogP contribution in [-0.2, 0) is 22.6 Å². The van der Waals surface area contributed by atoms with Crippen LogP contribution in [0.4, 0.5) is 0 Å². The van der Waals surface area contributed by atoms with Gasteiger partial charge in [0, 0.05) is 46.1 Å². The van der Waals surface area contributed by atoms with Crippen LogP contribution in [0.25, 0.3) is 0 Å². The number of hydrogen-bond donors (Lipinski definition) is 2. The van der Waals surface area contributed by atoms with Crippen LogP contribution in [0.15, 0.2) is 29.3 Å². The topological polar surface area (TPSA) is 58.1 Å². The third-order valence-electron chi connectivity index (χ3n) is 6.52. The largest absolute Gasteiger partial charge is 0.381 e. The van der Waals surface area contributed by atoms with Crippen molar-refractivity contribution < 1.29 is 9.47 Å². The summed E-state index contributed by atoms with van der Waals surface area (Å²) in [5, 5.41) is 6.77. The molecule has 1 aromatic rings. The van der Waals surface area contributed by atoms with Gasteiger partial charge >= 0.3 is 0 Å². The Morgan fingerprint density at radius 2 is 1.78 bits per heavy atom. The van der Waals surface area contributed by atoms with Crippen molar-refractivity contribution in [2.24, 2.45) is 16.8 Å². The van der Waals surface area contributed by atoms with Gasteiger partial charge in [0.05, 0.1) is 6.54 Å². The number of rotatable bonds is 11. The second-order valence-electron chi connectivity index (χ2n) is 9.38. The molecule has 0 saturated carbocycles. The highest BCUT2D eigenvalue weighted by Crippen LogP contribution is 2.18. The molecule has 1 aromatic carbocycles. The Labute approximate surface area is 195 Å². The molecule has 0 aliphatic carbocycles. The van der Waals surface area contributed by atoms with Crippen LogP contribution in [0, 0.1) is 11.8 Å². The summed E-state index contributed by atoms with van der Waals surface area (Å²) >= 11 is 0. The molecule has 0 radical (unpaired) electrons. The first-order valence-electron chi connectivity index (χ1n) is 12.7. The summed E-state index contributed by atoms with van der Waals surface area (Å²) in [4.78, 5) is 7.33. The van der Waals surface area contributed by atoms with E-state index >= 15 is 0 Å². The fraction of sp³-hybridized carbons (Fsp3) is 0.731. The number of benzene rings is 1. The molecule has 180 valence electrons. The van der Waals surface area contributed by atoms with E-state index in [4.69, 9.17) is 14.5 Å². The molecule has 2 fully saturated rings. The van der Waals surface area contributed by atoms with Crippen molar-refractivity contribution in [3.63, 3.8) is 0 Å². The van der Waals surface area contributed by atoms with E-state index in [0.29, 0.717) is 12.5 Å². The fourth-order valence-corrected chi connectivity index (χ4v) is 4.28. The zero-order valence-electron chi connectivity index (χ0n) is 20.3. The highest BCUT2D eigenvalue weighted by atomic mass is 16.5. The maximum atomic E-state index is 5.86. The molecule has 2 N–H and O–H groups in total. The Bertz CT molecular complexity index is 650. The molecule has 2 saturated heterocycles. The smallest absolute Gasteiger partial charge is 0.191 e. The highest BCUT2D eigenvalue weighted by Gasteiger charge is 2.15. The zero-order chi connectivity index (χ0) is 22.4. The number of piperidine rings is 1. The zero-order valence-corrected chi connectivity index (χ0v) is 20.3. The number of ether oxygens (including phenoxy) is 2. The van der Waals surface area contributed by atoms with Crippen molar-refractivity contribution in [2.45, 2.75) is 59.0 Å². The van der Waals surface area contributed by atoms with Crippen molar-refractivity contribution in [1.29, 1.82) is 0 Å². The minimum Gasteiger partial charge on any atom is -0.381 e. The van der Waals surface area contributed by atoms with Crippen LogP contribution in [0.3, 0.4) is 0 Å². The van der Waals surface area contributed by atoms with Gasteiger partial charge in [-0.25, -0.2) is 4.99 Å². The summed E-state index contributed by atoms with van der Waals surface area (Å²) in [5.74, 6) is 2.43. The molecule has 0 bridgehead atoms. The van der Waals surface area contributed by atoms with Gasteiger partial charge in [-0.2, -0.15) is 0 Å². The minimum absolute atomic E-state index is 0.672. The first-order chi connectivity index (χ1) is 15.7. The van der Waals surface area contributed by atoms with Crippen molar-refractivity contribution in [2.75, 3.05) is 52.6 Å². The van der Waals surface area contributed by atoms with E-state index in [9.17, 15) is 0 Å². The minimum atomic E-state index is 0.672. The molecule has 2 aliphatic heterocycles. The number of guanidine groups is 1. The van der Waals surface area contributed by atoms with E-state index in [-0.39, 0.29) is 0 Å². The van der Waals surface area contributed by atoms with Crippen molar-refractivity contribution in [1.82, 2.24) is 15.5 Å². The Hall–Kier alpha value is -1.63. The normalized spacial score (nSPS) is 19.2. The second-order valence-corrected chi connectivity index (χ2v) is 9.38. The number of likely N-dealkylation sites (tertiary alicyclic amines) is 1. The van der Waals surface area contributed by atoms with E-state index in [0.717, 1.165) is 77.2 Å². The van der Waals surface area contributed by atoms with Crippen LogP contribution in [0.5, 0.6) is 0 Å².